The highest BCUT2D eigenvalue weighted by molar-refractivity contribution is 5.78. The number of allylic oxidation sites excluding steroid dienone is 1. The quantitative estimate of drug-likeness (QED) is 0.525. The van der Waals surface area contributed by atoms with E-state index >= 15 is 0 Å². The summed E-state index contributed by atoms with van der Waals surface area (Å²) in [6.07, 6.45) is 12.5. The normalized spacial score (nSPS) is 51.3. The maximum Gasteiger partial charge on any atom is 0.132 e. The van der Waals surface area contributed by atoms with Crippen molar-refractivity contribution < 1.29 is 4.79 Å². The van der Waals surface area contributed by atoms with Gasteiger partial charge < -0.3 is 0 Å². The number of hydrogen-bond acceptors (Lipinski definition) is 1. The summed E-state index contributed by atoms with van der Waals surface area (Å²) < 4.78 is 0. The highest BCUT2D eigenvalue weighted by Crippen LogP contribution is 2.67. The van der Waals surface area contributed by atoms with E-state index in [-0.39, 0.29) is 0 Å². The third kappa shape index (κ3) is 2.29. The minimum Gasteiger partial charge on any atom is -0.300 e. The highest BCUT2D eigenvalue weighted by Gasteiger charge is 2.59. The van der Waals surface area contributed by atoms with Crippen LogP contribution in [0.4, 0.5) is 0 Å². The second-order valence-corrected chi connectivity index (χ2v) is 10.3. The van der Waals surface area contributed by atoms with E-state index in [1.54, 1.807) is 0 Å². The van der Waals surface area contributed by atoms with Crippen LogP contribution in [0.25, 0.3) is 0 Å². The van der Waals surface area contributed by atoms with Gasteiger partial charge in [-0.25, -0.2) is 0 Å². The summed E-state index contributed by atoms with van der Waals surface area (Å²) in [5, 5.41) is 0. The lowest BCUT2D eigenvalue weighted by atomic mass is 9.46. The molecule has 7 atom stereocenters. The SMILES string of the molecule is C=C(C)[C@H]1CCC2C3CCC4CCC(=O)CC[C@]4(C)C3CC[C@@]21C. The zero-order chi connectivity index (χ0) is 17.1. The molecule has 4 fully saturated rings. The Hall–Kier alpha value is -0.590. The average Bonchev–Trinajstić information content (AvgIpc) is 2.81. The third-order valence-corrected chi connectivity index (χ3v) is 9.37. The van der Waals surface area contributed by atoms with Crippen LogP contribution in [0.1, 0.15) is 85.0 Å². The first-order chi connectivity index (χ1) is 11.4. The standard InChI is InChI=1S/C23H36O/c1-15(2)19-9-10-20-18-8-6-16-5-7-17(24)11-13-22(16,3)21(18)12-14-23(19,20)4/h16,18-21H,1,5-14H2,2-4H3/t16?,18?,19-,20?,21?,22+,23-/m1/s1. The molecule has 0 saturated heterocycles. The molecule has 134 valence electrons. The maximum atomic E-state index is 12.1. The predicted molar refractivity (Wildman–Crippen MR) is 99.7 cm³/mol. The number of carbonyl (C=O) groups excluding carboxylic acids is 1. The maximum absolute atomic E-state index is 12.1. The molecule has 0 N–H and O–H groups in total. The van der Waals surface area contributed by atoms with Crippen molar-refractivity contribution in [2.45, 2.75) is 85.0 Å². The lowest BCUT2D eigenvalue weighted by molar-refractivity contribution is -0.119. The topological polar surface area (TPSA) is 17.1 Å². The minimum absolute atomic E-state index is 0.442. The Labute approximate surface area is 148 Å². The van der Waals surface area contributed by atoms with E-state index in [0.717, 1.165) is 42.4 Å². The second-order valence-electron chi connectivity index (χ2n) is 10.3. The molecule has 0 radical (unpaired) electrons. The van der Waals surface area contributed by atoms with E-state index in [2.05, 4.69) is 27.4 Å². The van der Waals surface area contributed by atoms with Gasteiger partial charge in [0.1, 0.15) is 5.78 Å². The third-order valence-electron chi connectivity index (χ3n) is 9.37. The van der Waals surface area contributed by atoms with Crippen molar-refractivity contribution in [3.63, 3.8) is 0 Å². The molecular weight excluding hydrogens is 292 g/mol. The first kappa shape index (κ1) is 16.9. The van der Waals surface area contributed by atoms with Gasteiger partial charge in [-0.3, -0.25) is 4.79 Å². The summed E-state index contributed by atoms with van der Waals surface area (Å²) >= 11 is 0. The Kier molecular flexibility index (Phi) is 4.01. The van der Waals surface area contributed by atoms with Gasteiger partial charge in [0.25, 0.3) is 0 Å². The molecule has 4 rings (SSSR count). The Balaban J connectivity index is 1.63. The molecule has 0 heterocycles. The molecule has 4 aliphatic carbocycles. The number of carbonyl (C=O) groups is 1. The molecule has 4 saturated carbocycles. The van der Waals surface area contributed by atoms with E-state index < -0.39 is 0 Å². The molecule has 4 unspecified atom stereocenters. The Morgan fingerprint density at radius 2 is 1.67 bits per heavy atom. The molecule has 1 nitrogen and oxygen atoms in total. The molecule has 24 heavy (non-hydrogen) atoms. The fraction of sp³-hybridized carbons (Fsp3) is 0.870. The van der Waals surface area contributed by atoms with Gasteiger partial charge in [-0.15, -0.1) is 0 Å². The van der Waals surface area contributed by atoms with Crippen LogP contribution in [0.3, 0.4) is 0 Å². The minimum atomic E-state index is 0.442. The lowest BCUT2D eigenvalue weighted by Gasteiger charge is -2.59. The van der Waals surface area contributed by atoms with E-state index in [1.807, 2.05) is 0 Å². The summed E-state index contributed by atoms with van der Waals surface area (Å²) in [7, 11) is 0. The van der Waals surface area contributed by atoms with Crippen LogP contribution >= 0.6 is 0 Å². The van der Waals surface area contributed by atoms with Gasteiger partial charge in [0.05, 0.1) is 0 Å². The Morgan fingerprint density at radius 1 is 0.917 bits per heavy atom. The number of hydrogen-bond donors (Lipinski definition) is 0. The van der Waals surface area contributed by atoms with Gasteiger partial charge in [-0.1, -0.05) is 26.0 Å². The van der Waals surface area contributed by atoms with Crippen LogP contribution in [0, 0.1) is 40.4 Å². The molecule has 0 aromatic heterocycles. The van der Waals surface area contributed by atoms with Gasteiger partial charge in [-0.05, 0) is 98.7 Å². The van der Waals surface area contributed by atoms with E-state index in [4.69, 9.17) is 0 Å². The Morgan fingerprint density at radius 3 is 2.42 bits per heavy atom. The Bertz CT molecular complexity index is 548. The summed E-state index contributed by atoms with van der Waals surface area (Å²) in [5.74, 6) is 4.81. The van der Waals surface area contributed by atoms with Crippen LogP contribution < -0.4 is 0 Å². The van der Waals surface area contributed by atoms with Crippen molar-refractivity contribution in [3.8, 4) is 0 Å². The molecule has 4 aliphatic rings. The number of rotatable bonds is 1. The first-order valence-electron chi connectivity index (χ1n) is 10.5. The monoisotopic (exact) mass is 328 g/mol. The molecule has 0 bridgehead atoms. The number of ketones is 1. The van der Waals surface area contributed by atoms with Gasteiger partial charge in [0.2, 0.25) is 0 Å². The smallest absolute Gasteiger partial charge is 0.132 e. The second kappa shape index (κ2) is 5.71. The van der Waals surface area contributed by atoms with Crippen molar-refractivity contribution in [1.29, 1.82) is 0 Å². The van der Waals surface area contributed by atoms with Crippen molar-refractivity contribution in [2.75, 3.05) is 0 Å². The highest BCUT2D eigenvalue weighted by atomic mass is 16.1. The van der Waals surface area contributed by atoms with Gasteiger partial charge in [0, 0.05) is 12.8 Å². The van der Waals surface area contributed by atoms with Gasteiger partial charge in [-0.2, -0.15) is 0 Å². The summed E-state index contributed by atoms with van der Waals surface area (Å²) in [5.41, 5.74) is 2.38. The van der Waals surface area contributed by atoms with Crippen LogP contribution in [-0.2, 0) is 4.79 Å². The van der Waals surface area contributed by atoms with Crippen molar-refractivity contribution in [3.05, 3.63) is 12.2 Å². The molecule has 0 aromatic rings. The molecular formula is C23H36O. The van der Waals surface area contributed by atoms with Crippen molar-refractivity contribution in [2.24, 2.45) is 40.4 Å². The van der Waals surface area contributed by atoms with E-state index in [1.165, 1.54) is 56.9 Å². The molecule has 1 heteroatoms. The zero-order valence-corrected chi connectivity index (χ0v) is 16.1. The first-order valence-corrected chi connectivity index (χ1v) is 10.5. The van der Waals surface area contributed by atoms with Crippen LogP contribution in [-0.4, -0.2) is 5.78 Å². The predicted octanol–water partition coefficient (Wildman–Crippen LogP) is 6.18. The summed E-state index contributed by atoms with van der Waals surface area (Å²) in [4.78, 5) is 12.1. The molecule has 0 aromatic carbocycles. The summed E-state index contributed by atoms with van der Waals surface area (Å²) in [6, 6.07) is 0. The van der Waals surface area contributed by atoms with Crippen molar-refractivity contribution in [1.82, 2.24) is 0 Å². The molecule has 0 aliphatic heterocycles. The van der Waals surface area contributed by atoms with Crippen LogP contribution in [0.5, 0.6) is 0 Å². The largest absolute Gasteiger partial charge is 0.300 e. The fourth-order valence-electron chi connectivity index (χ4n) is 8.08. The van der Waals surface area contributed by atoms with Crippen LogP contribution in [0.15, 0.2) is 12.2 Å². The lowest BCUT2D eigenvalue weighted by Crippen LogP contribution is -2.51. The number of fused-ring (bicyclic) bond motifs is 5. The fourth-order valence-corrected chi connectivity index (χ4v) is 8.08. The van der Waals surface area contributed by atoms with E-state index in [9.17, 15) is 4.79 Å². The molecule has 0 amide bonds. The average molecular weight is 329 g/mol. The summed E-state index contributed by atoms with van der Waals surface area (Å²) in [6.45, 7) is 11.8. The van der Waals surface area contributed by atoms with Crippen LogP contribution in [0.2, 0.25) is 0 Å². The van der Waals surface area contributed by atoms with Gasteiger partial charge in [0.15, 0.2) is 0 Å². The zero-order valence-electron chi connectivity index (χ0n) is 16.1. The van der Waals surface area contributed by atoms with Gasteiger partial charge >= 0.3 is 0 Å². The molecule has 0 spiro atoms. The van der Waals surface area contributed by atoms with E-state index in [0.29, 0.717) is 16.6 Å². The number of Topliss-reactive ketones (excluding diaryl/α,β-unsaturated/α-hetero) is 1. The van der Waals surface area contributed by atoms with Crippen molar-refractivity contribution >= 4 is 5.78 Å².